The van der Waals surface area contributed by atoms with E-state index in [1.165, 1.54) is 0 Å². The van der Waals surface area contributed by atoms with Crippen molar-refractivity contribution >= 4 is 34.2 Å². The normalized spacial score (nSPS) is 20.8. The van der Waals surface area contributed by atoms with E-state index in [-0.39, 0.29) is 24.4 Å². The van der Waals surface area contributed by atoms with Crippen LogP contribution >= 0.6 is 28.3 Å². The van der Waals surface area contributed by atoms with Gasteiger partial charge in [-0.3, -0.25) is 4.79 Å². The largest absolute Gasteiger partial charge is 0.345 e. The van der Waals surface area contributed by atoms with Crippen LogP contribution in [0.4, 0.5) is 0 Å². The number of aryl methyl sites for hydroxylation is 1. The Balaban J connectivity index is 0.00000180. The number of nitrogens with zero attached hydrogens (tertiary/aromatic N) is 2. The second-order valence-electron chi connectivity index (χ2n) is 5.17. The molecule has 1 amide bonds. The fraction of sp³-hybridized carbons (Fsp3) is 0.615. The van der Waals surface area contributed by atoms with Crippen molar-refractivity contribution in [3.05, 3.63) is 22.4 Å². The van der Waals surface area contributed by atoms with Crippen molar-refractivity contribution in [1.82, 2.24) is 9.47 Å². The first kappa shape index (κ1) is 16.5. The molecule has 4 nitrogen and oxygen atoms in total. The maximum atomic E-state index is 12.4. The van der Waals surface area contributed by atoms with Gasteiger partial charge in [-0.15, -0.1) is 12.4 Å². The SMILES string of the molecule is CC(N)C1CCCN(C(=O)c2cc(Br)cn2C)C1.Cl. The quantitative estimate of drug-likeness (QED) is 0.890. The predicted molar refractivity (Wildman–Crippen MR) is 82.6 cm³/mol. The van der Waals surface area contributed by atoms with Gasteiger partial charge >= 0.3 is 0 Å². The Kier molecular flexibility index (Phi) is 5.89. The lowest BCUT2D eigenvalue weighted by Gasteiger charge is -2.34. The van der Waals surface area contributed by atoms with E-state index in [0.29, 0.717) is 5.92 Å². The van der Waals surface area contributed by atoms with E-state index in [4.69, 9.17) is 5.73 Å². The van der Waals surface area contributed by atoms with Gasteiger partial charge < -0.3 is 15.2 Å². The summed E-state index contributed by atoms with van der Waals surface area (Å²) in [5.74, 6) is 0.528. The number of carbonyl (C=O) groups is 1. The van der Waals surface area contributed by atoms with E-state index in [1.54, 1.807) is 0 Å². The molecule has 0 aromatic carbocycles. The zero-order chi connectivity index (χ0) is 13.3. The van der Waals surface area contributed by atoms with Crippen LogP contribution in [0.2, 0.25) is 0 Å². The maximum absolute atomic E-state index is 12.4. The van der Waals surface area contributed by atoms with Crippen LogP contribution in [0.1, 0.15) is 30.3 Å². The van der Waals surface area contributed by atoms with Crippen LogP contribution in [0.25, 0.3) is 0 Å². The zero-order valence-electron chi connectivity index (χ0n) is 11.3. The number of hydrogen-bond acceptors (Lipinski definition) is 2. The Morgan fingerprint density at radius 1 is 1.58 bits per heavy atom. The summed E-state index contributed by atoms with van der Waals surface area (Å²) in [5.41, 5.74) is 6.68. The van der Waals surface area contributed by atoms with Crippen molar-refractivity contribution in [1.29, 1.82) is 0 Å². The lowest BCUT2D eigenvalue weighted by molar-refractivity contribution is 0.0651. The zero-order valence-corrected chi connectivity index (χ0v) is 13.7. The summed E-state index contributed by atoms with van der Waals surface area (Å²) in [6, 6.07) is 2.03. The van der Waals surface area contributed by atoms with Crippen molar-refractivity contribution in [2.24, 2.45) is 18.7 Å². The van der Waals surface area contributed by atoms with Crippen molar-refractivity contribution in [3.63, 3.8) is 0 Å². The fourth-order valence-corrected chi connectivity index (χ4v) is 3.05. The van der Waals surface area contributed by atoms with Crippen LogP contribution in [-0.2, 0) is 7.05 Å². The number of carbonyl (C=O) groups excluding carboxylic acids is 1. The van der Waals surface area contributed by atoms with Crippen LogP contribution in [0.5, 0.6) is 0 Å². The number of halogens is 2. The summed E-state index contributed by atoms with van der Waals surface area (Å²) in [6.07, 6.45) is 4.07. The summed E-state index contributed by atoms with van der Waals surface area (Å²) in [5, 5.41) is 0. The Morgan fingerprint density at radius 2 is 2.26 bits per heavy atom. The average Bonchev–Trinajstić information content (AvgIpc) is 2.67. The van der Waals surface area contributed by atoms with Crippen LogP contribution in [0.3, 0.4) is 0 Å². The van der Waals surface area contributed by atoms with Crippen LogP contribution in [0, 0.1) is 5.92 Å². The summed E-state index contributed by atoms with van der Waals surface area (Å²) in [7, 11) is 1.89. The minimum absolute atomic E-state index is 0. The molecular weight excluding hydrogens is 330 g/mol. The van der Waals surface area contributed by atoms with Crippen LogP contribution in [-0.4, -0.2) is 34.5 Å². The molecule has 19 heavy (non-hydrogen) atoms. The van der Waals surface area contributed by atoms with Gasteiger partial charge in [0.1, 0.15) is 5.69 Å². The molecule has 0 bridgehead atoms. The number of aromatic nitrogens is 1. The molecule has 0 spiro atoms. The molecule has 1 aliphatic rings. The van der Waals surface area contributed by atoms with Crippen molar-refractivity contribution < 1.29 is 4.79 Å². The van der Waals surface area contributed by atoms with Gasteiger partial charge in [-0.1, -0.05) is 0 Å². The topological polar surface area (TPSA) is 51.3 Å². The van der Waals surface area contributed by atoms with E-state index in [2.05, 4.69) is 15.9 Å². The number of piperidine rings is 1. The molecule has 6 heteroatoms. The highest BCUT2D eigenvalue weighted by Gasteiger charge is 2.27. The molecule has 1 aromatic rings. The van der Waals surface area contributed by atoms with Gasteiger partial charge in [0, 0.05) is 36.8 Å². The number of nitrogens with two attached hydrogens (primary N) is 1. The third-order valence-corrected chi connectivity index (χ3v) is 4.11. The first-order valence-corrected chi connectivity index (χ1v) is 7.15. The van der Waals surface area contributed by atoms with Crippen molar-refractivity contribution in [3.8, 4) is 0 Å². The van der Waals surface area contributed by atoms with Gasteiger partial charge in [-0.05, 0) is 47.7 Å². The average molecular weight is 351 g/mol. The monoisotopic (exact) mass is 349 g/mol. The van der Waals surface area contributed by atoms with Gasteiger partial charge in [0.05, 0.1) is 0 Å². The number of likely N-dealkylation sites (tertiary alicyclic amines) is 1. The molecular formula is C13H21BrClN3O. The number of rotatable bonds is 2. The van der Waals surface area contributed by atoms with Crippen LogP contribution in [0.15, 0.2) is 16.7 Å². The Morgan fingerprint density at radius 3 is 2.79 bits per heavy atom. The van der Waals surface area contributed by atoms with Gasteiger partial charge in [0.25, 0.3) is 5.91 Å². The van der Waals surface area contributed by atoms with Crippen LogP contribution < -0.4 is 5.73 Å². The third-order valence-electron chi connectivity index (χ3n) is 3.68. The minimum atomic E-state index is 0. The molecule has 2 rings (SSSR count). The van der Waals surface area contributed by atoms with Gasteiger partial charge in [-0.25, -0.2) is 0 Å². The van der Waals surface area contributed by atoms with Crippen molar-refractivity contribution in [2.75, 3.05) is 13.1 Å². The Labute approximate surface area is 128 Å². The first-order valence-electron chi connectivity index (χ1n) is 6.35. The number of amides is 1. The molecule has 2 heterocycles. The van der Waals surface area contributed by atoms with Gasteiger partial charge in [0.2, 0.25) is 0 Å². The molecule has 1 aliphatic heterocycles. The highest BCUT2D eigenvalue weighted by Crippen LogP contribution is 2.22. The second kappa shape index (κ2) is 6.77. The summed E-state index contributed by atoms with van der Waals surface area (Å²) >= 11 is 3.40. The molecule has 2 unspecified atom stereocenters. The van der Waals surface area contributed by atoms with Crippen molar-refractivity contribution in [2.45, 2.75) is 25.8 Å². The summed E-state index contributed by atoms with van der Waals surface area (Å²) < 4.78 is 2.80. The minimum Gasteiger partial charge on any atom is -0.345 e. The first-order chi connectivity index (χ1) is 8.49. The third kappa shape index (κ3) is 3.74. The molecule has 0 saturated carbocycles. The molecule has 0 radical (unpaired) electrons. The molecule has 0 aliphatic carbocycles. The predicted octanol–water partition coefficient (Wildman–Crippen LogP) is 2.41. The molecule has 1 aromatic heterocycles. The Bertz CT molecular complexity index is 447. The van der Waals surface area contributed by atoms with Gasteiger partial charge in [0.15, 0.2) is 0 Å². The summed E-state index contributed by atoms with van der Waals surface area (Å²) in [6.45, 7) is 3.64. The smallest absolute Gasteiger partial charge is 0.270 e. The molecule has 1 fully saturated rings. The number of hydrogen-bond donors (Lipinski definition) is 1. The standard InChI is InChI=1S/C13H20BrN3O.ClH/c1-9(15)10-4-3-5-17(7-10)13(18)12-6-11(14)8-16(12)2;/h6,8-10H,3-5,7,15H2,1-2H3;1H. The molecule has 1 saturated heterocycles. The van der Waals surface area contributed by atoms with E-state index in [9.17, 15) is 4.79 Å². The lowest BCUT2D eigenvalue weighted by atomic mass is 9.92. The fourth-order valence-electron chi connectivity index (χ4n) is 2.52. The highest BCUT2D eigenvalue weighted by molar-refractivity contribution is 9.10. The summed E-state index contributed by atoms with van der Waals surface area (Å²) in [4.78, 5) is 14.4. The highest BCUT2D eigenvalue weighted by atomic mass is 79.9. The Hall–Kier alpha value is -0.520. The maximum Gasteiger partial charge on any atom is 0.270 e. The second-order valence-corrected chi connectivity index (χ2v) is 6.08. The van der Waals surface area contributed by atoms with Gasteiger partial charge in [-0.2, -0.15) is 0 Å². The molecule has 2 atom stereocenters. The lowest BCUT2D eigenvalue weighted by Crippen LogP contribution is -2.45. The van der Waals surface area contributed by atoms with E-state index < -0.39 is 0 Å². The molecule has 2 N–H and O–H groups in total. The van der Waals surface area contributed by atoms with E-state index in [0.717, 1.165) is 36.1 Å². The molecule has 108 valence electrons. The van der Waals surface area contributed by atoms with E-state index in [1.807, 2.05) is 35.7 Å². The van der Waals surface area contributed by atoms with E-state index >= 15 is 0 Å².